The van der Waals surface area contributed by atoms with Crippen LogP contribution in [0.15, 0.2) is 12.4 Å². The van der Waals surface area contributed by atoms with Crippen LogP contribution < -0.4 is 10.6 Å². The van der Waals surface area contributed by atoms with Crippen molar-refractivity contribution >= 4 is 6.03 Å². The third-order valence-electron chi connectivity index (χ3n) is 4.76. The van der Waals surface area contributed by atoms with Crippen molar-refractivity contribution in [3.05, 3.63) is 18.0 Å². The maximum atomic E-state index is 12.1. The average Bonchev–Trinajstić information content (AvgIpc) is 2.88. The van der Waals surface area contributed by atoms with E-state index in [4.69, 9.17) is 0 Å². The summed E-state index contributed by atoms with van der Waals surface area (Å²) in [7, 11) is 1.80. The minimum Gasteiger partial charge on any atom is -0.383 e. The molecule has 3 N–H and O–H groups in total. The number of carbonyl (C=O) groups excluding carboxylic acids is 1. The molecule has 3 atom stereocenters. The average molecular weight is 308 g/mol. The molecule has 0 aromatic carbocycles. The van der Waals surface area contributed by atoms with Crippen molar-refractivity contribution in [1.29, 1.82) is 0 Å². The summed E-state index contributed by atoms with van der Waals surface area (Å²) in [5.74, 6) is 0.988. The molecule has 1 fully saturated rings. The first-order chi connectivity index (χ1) is 10.3. The molecule has 1 aromatic rings. The van der Waals surface area contributed by atoms with E-state index in [-0.39, 0.29) is 18.6 Å². The number of hydrogen-bond acceptors (Lipinski definition) is 3. The van der Waals surface area contributed by atoms with Gasteiger partial charge in [0.15, 0.2) is 0 Å². The number of urea groups is 1. The monoisotopic (exact) mass is 308 g/mol. The first-order valence-corrected chi connectivity index (χ1v) is 8.05. The van der Waals surface area contributed by atoms with E-state index in [0.29, 0.717) is 17.4 Å². The fraction of sp³-hybridized carbons (Fsp3) is 0.750. The number of rotatable bonds is 4. The van der Waals surface area contributed by atoms with Gasteiger partial charge in [0.05, 0.1) is 12.7 Å². The number of nitrogens with one attached hydrogen (secondary N) is 2. The summed E-state index contributed by atoms with van der Waals surface area (Å²) in [5.41, 5.74) is -0.440. The van der Waals surface area contributed by atoms with Gasteiger partial charge in [-0.3, -0.25) is 4.68 Å². The highest BCUT2D eigenvalue weighted by Crippen LogP contribution is 2.28. The maximum Gasteiger partial charge on any atom is 0.315 e. The van der Waals surface area contributed by atoms with Gasteiger partial charge in [0, 0.05) is 24.8 Å². The molecule has 0 bridgehead atoms. The van der Waals surface area contributed by atoms with Crippen molar-refractivity contribution in [2.75, 3.05) is 6.54 Å². The van der Waals surface area contributed by atoms with Crippen molar-refractivity contribution in [2.45, 2.75) is 51.7 Å². The van der Waals surface area contributed by atoms with Crippen LogP contribution in [0, 0.1) is 11.8 Å². The van der Waals surface area contributed by atoms with E-state index >= 15 is 0 Å². The van der Waals surface area contributed by atoms with E-state index in [1.807, 2.05) is 0 Å². The predicted molar refractivity (Wildman–Crippen MR) is 85.3 cm³/mol. The summed E-state index contributed by atoms with van der Waals surface area (Å²) in [6.07, 6.45) is 6.92. The van der Waals surface area contributed by atoms with Gasteiger partial charge in [-0.05, 0) is 31.6 Å². The number of aromatic nitrogens is 2. The van der Waals surface area contributed by atoms with Crippen LogP contribution in [0.4, 0.5) is 4.79 Å². The maximum absolute atomic E-state index is 12.1. The van der Waals surface area contributed by atoms with Crippen molar-refractivity contribution < 1.29 is 9.90 Å². The first-order valence-electron chi connectivity index (χ1n) is 8.05. The largest absolute Gasteiger partial charge is 0.383 e. The Morgan fingerprint density at radius 2 is 2.09 bits per heavy atom. The van der Waals surface area contributed by atoms with Crippen LogP contribution in [0.25, 0.3) is 0 Å². The highest BCUT2D eigenvalue weighted by atomic mass is 16.3. The quantitative estimate of drug-likeness (QED) is 0.793. The highest BCUT2D eigenvalue weighted by molar-refractivity contribution is 5.74. The van der Waals surface area contributed by atoms with Crippen LogP contribution in [0.3, 0.4) is 0 Å². The van der Waals surface area contributed by atoms with E-state index in [1.54, 1.807) is 31.0 Å². The number of hydrogen-bond donors (Lipinski definition) is 3. The fourth-order valence-electron chi connectivity index (χ4n) is 3.22. The summed E-state index contributed by atoms with van der Waals surface area (Å²) in [5, 5.41) is 20.4. The second kappa shape index (κ2) is 6.69. The lowest BCUT2D eigenvalue weighted by Crippen LogP contribution is -2.51. The van der Waals surface area contributed by atoms with Crippen LogP contribution in [-0.2, 0) is 12.6 Å². The van der Waals surface area contributed by atoms with Crippen molar-refractivity contribution in [2.24, 2.45) is 18.9 Å². The molecule has 1 saturated carbocycles. The lowest BCUT2D eigenvalue weighted by atomic mass is 9.79. The van der Waals surface area contributed by atoms with E-state index in [9.17, 15) is 9.90 Å². The molecule has 22 heavy (non-hydrogen) atoms. The van der Waals surface area contributed by atoms with Gasteiger partial charge in [-0.25, -0.2) is 4.79 Å². The Morgan fingerprint density at radius 3 is 2.64 bits per heavy atom. The Bertz CT molecular complexity index is 502. The molecule has 0 spiro atoms. The zero-order valence-corrected chi connectivity index (χ0v) is 14.0. The molecule has 0 aliphatic heterocycles. The molecule has 6 nitrogen and oxygen atoms in total. The van der Waals surface area contributed by atoms with Gasteiger partial charge in [0.25, 0.3) is 0 Å². The Labute approximate surface area is 132 Å². The minimum absolute atomic E-state index is 0.153. The van der Waals surface area contributed by atoms with Crippen LogP contribution in [0.1, 0.15) is 45.6 Å². The van der Waals surface area contributed by atoms with E-state index in [0.717, 1.165) is 12.8 Å². The fourth-order valence-corrected chi connectivity index (χ4v) is 3.22. The van der Waals surface area contributed by atoms with E-state index < -0.39 is 5.60 Å². The smallest absolute Gasteiger partial charge is 0.315 e. The van der Waals surface area contributed by atoms with Gasteiger partial charge in [-0.1, -0.05) is 20.3 Å². The summed E-state index contributed by atoms with van der Waals surface area (Å²) in [4.78, 5) is 12.1. The van der Waals surface area contributed by atoms with Crippen LogP contribution in [0.5, 0.6) is 0 Å². The molecule has 2 rings (SSSR count). The molecular formula is C16H28N4O2. The number of nitrogens with zero attached hydrogens (tertiary/aromatic N) is 2. The normalized spacial score (nSPS) is 25.5. The van der Waals surface area contributed by atoms with E-state index in [1.165, 1.54) is 6.42 Å². The van der Waals surface area contributed by atoms with Gasteiger partial charge in [0.1, 0.15) is 5.60 Å². The summed E-state index contributed by atoms with van der Waals surface area (Å²) < 4.78 is 1.63. The number of aliphatic hydroxyl groups is 1. The molecule has 2 amide bonds. The standard InChI is InChI=1S/C16H28N4O2/c1-11-6-5-7-12(2)14(11)19-15(21)17-10-16(3,22)13-8-18-20(4)9-13/h8-9,11-12,14,22H,5-7,10H2,1-4H3,(H2,17,19,21)/t11-,12-,16-/m1/s1. The topological polar surface area (TPSA) is 79.2 Å². The number of amides is 2. The molecule has 1 heterocycles. The molecule has 6 heteroatoms. The lowest BCUT2D eigenvalue weighted by molar-refractivity contribution is 0.0588. The molecule has 1 aliphatic rings. The Kier molecular flexibility index (Phi) is 5.11. The summed E-state index contributed by atoms with van der Waals surface area (Å²) >= 11 is 0. The molecule has 124 valence electrons. The van der Waals surface area contributed by atoms with Crippen molar-refractivity contribution in [3.63, 3.8) is 0 Å². The molecule has 1 aliphatic carbocycles. The zero-order chi connectivity index (χ0) is 16.3. The van der Waals surface area contributed by atoms with Crippen LogP contribution in [0.2, 0.25) is 0 Å². The van der Waals surface area contributed by atoms with Gasteiger partial charge < -0.3 is 15.7 Å². The first kappa shape index (κ1) is 16.8. The molecule has 1 aromatic heterocycles. The Hall–Kier alpha value is -1.56. The van der Waals surface area contributed by atoms with Gasteiger partial charge in [-0.15, -0.1) is 0 Å². The summed E-state index contributed by atoms with van der Waals surface area (Å²) in [6.45, 7) is 6.20. The Morgan fingerprint density at radius 1 is 1.45 bits per heavy atom. The minimum atomic E-state index is -1.13. The van der Waals surface area contributed by atoms with Crippen LogP contribution in [-0.4, -0.2) is 33.5 Å². The lowest BCUT2D eigenvalue weighted by Gasteiger charge is -2.35. The SMILES string of the molecule is C[C@@H]1CCC[C@@H](C)C1NC(=O)NC[C@@](C)(O)c1cnn(C)c1. The Balaban J connectivity index is 1.87. The second-order valence-corrected chi connectivity index (χ2v) is 6.91. The summed E-state index contributed by atoms with van der Waals surface area (Å²) in [6, 6.07) is -0.00754. The predicted octanol–water partition coefficient (Wildman–Crippen LogP) is 1.75. The highest BCUT2D eigenvalue weighted by Gasteiger charge is 2.30. The zero-order valence-electron chi connectivity index (χ0n) is 14.0. The van der Waals surface area contributed by atoms with E-state index in [2.05, 4.69) is 29.6 Å². The molecular weight excluding hydrogens is 280 g/mol. The molecule has 0 unspecified atom stereocenters. The number of carbonyl (C=O) groups is 1. The van der Waals surface area contributed by atoms with Gasteiger partial charge in [0.2, 0.25) is 0 Å². The molecule has 0 radical (unpaired) electrons. The van der Waals surface area contributed by atoms with Crippen LogP contribution >= 0.6 is 0 Å². The van der Waals surface area contributed by atoms with Crippen molar-refractivity contribution in [3.8, 4) is 0 Å². The van der Waals surface area contributed by atoms with Gasteiger partial charge in [-0.2, -0.15) is 5.10 Å². The number of aryl methyl sites for hydroxylation is 1. The molecule has 0 saturated heterocycles. The third-order valence-corrected chi connectivity index (χ3v) is 4.76. The van der Waals surface area contributed by atoms with Gasteiger partial charge >= 0.3 is 6.03 Å². The van der Waals surface area contributed by atoms with Crippen molar-refractivity contribution in [1.82, 2.24) is 20.4 Å². The third kappa shape index (κ3) is 4.00. The second-order valence-electron chi connectivity index (χ2n) is 6.91.